The highest BCUT2D eigenvalue weighted by atomic mass is 35.5. The zero-order valence-corrected chi connectivity index (χ0v) is 10.4. The van der Waals surface area contributed by atoms with E-state index in [1.807, 2.05) is 6.07 Å². The summed E-state index contributed by atoms with van der Waals surface area (Å²) in [4.78, 5) is 21.9. The minimum absolute atomic E-state index is 0.0642. The molecule has 2 aromatic carbocycles. The lowest BCUT2D eigenvalue weighted by Crippen LogP contribution is -2.11. The third kappa shape index (κ3) is 3.08. The molecule has 2 rings (SSSR count). The Hall–Kier alpha value is -2.40. The van der Waals surface area contributed by atoms with Crippen molar-refractivity contribution in [2.24, 2.45) is 0 Å². The zero-order chi connectivity index (χ0) is 13.8. The second-order valence-corrected chi connectivity index (χ2v) is 4.15. The second-order valence-electron chi connectivity index (χ2n) is 3.74. The summed E-state index contributed by atoms with van der Waals surface area (Å²) in [5, 5.41) is 13.2. The van der Waals surface area contributed by atoms with Gasteiger partial charge in [0, 0.05) is 17.3 Å². The monoisotopic (exact) mass is 276 g/mol. The number of benzene rings is 2. The van der Waals surface area contributed by atoms with Crippen molar-refractivity contribution >= 4 is 28.9 Å². The molecule has 0 unspecified atom stereocenters. The highest BCUT2D eigenvalue weighted by molar-refractivity contribution is 6.33. The average molecular weight is 277 g/mol. The molecule has 0 heterocycles. The van der Waals surface area contributed by atoms with Crippen LogP contribution in [0.1, 0.15) is 10.4 Å². The zero-order valence-electron chi connectivity index (χ0n) is 9.67. The fourth-order valence-electron chi connectivity index (χ4n) is 1.52. The van der Waals surface area contributed by atoms with Crippen LogP contribution in [0.25, 0.3) is 0 Å². The highest BCUT2D eigenvalue weighted by Gasteiger charge is 2.15. The number of nitrogens with zero attached hydrogens (tertiary/aromatic N) is 1. The van der Waals surface area contributed by atoms with Gasteiger partial charge in [0.05, 0.1) is 4.92 Å². The van der Waals surface area contributed by atoms with Crippen LogP contribution in [0.2, 0.25) is 5.02 Å². The number of hydrogen-bond donors (Lipinski definition) is 1. The predicted octanol–water partition coefficient (Wildman–Crippen LogP) is 3.50. The van der Waals surface area contributed by atoms with Crippen LogP contribution in [0.4, 0.5) is 11.4 Å². The van der Waals surface area contributed by atoms with Gasteiger partial charge in [0.25, 0.3) is 11.6 Å². The Morgan fingerprint density at radius 2 is 1.84 bits per heavy atom. The largest absolute Gasteiger partial charge is 0.322 e. The van der Waals surface area contributed by atoms with E-state index < -0.39 is 4.92 Å². The molecule has 6 heteroatoms. The SMILES string of the molecule is O=C(Nc1ccccc1)c1ccc([N+](=O)[O-])c(Cl)c1. The molecular formula is C13H9ClN2O3. The minimum Gasteiger partial charge on any atom is -0.322 e. The number of hydrogen-bond acceptors (Lipinski definition) is 3. The van der Waals surface area contributed by atoms with Crippen LogP contribution in [0.3, 0.4) is 0 Å². The summed E-state index contributed by atoms with van der Waals surface area (Å²) in [5.74, 6) is -0.372. The lowest BCUT2D eigenvalue weighted by molar-refractivity contribution is -0.384. The number of amides is 1. The van der Waals surface area contributed by atoms with Gasteiger partial charge in [-0.2, -0.15) is 0 Å². The average Bonchev–Trinajstić information content (AvgIpc) is 2.39. The molecule has 19 heavy (non-hydrogen) atoms. The number of nitrogens with one attached hydrogen (secondary N) is 1. The molecule has 0 atom stereocenters. The van der Waals surface area contributed by atoms with Gasteiger partial charge in [-0.15, -0.1) is 0 Å². The Kier molecular flexibility index (Phi) is 3.77. The fourth-order valence-corrected chi connectivity index (χ4v) is 1.77. The van der Waals surface area contributed by atoms with Crippen LogP contribution in [-0.2, 0) is 0 Å². The quantitative estimate of drug-likeness (QED) is 0.689. The van der Waals surface area contributed by atoms with Crippen LogP contribution < -0.4 is 5.32 Å². The molecule has 2 aromatic rings. The van der Waals surface area contributed by atoms with Crippen molar-refractivity contribution in [2.45, 2.75) is 0 Å². The van der Waals surface area contributed by atoms with Gasteiger partial charge in [-0.05, 0) is 24.3 Å². The van der Waals surface area contributed by atoms with E-state index in [0.29, 0.717) is 5.69 Å². The first-order valence-corrected chi connectivity index (χ1v) is 5.76. The predicted molar refractivity (Wildman–Crippen MR) is 72.5 cm³/mol. The normalized spacial score (nSPS) is 9.95. The van der Waals surface area contributed by atoms with E-state index in [2.05, 4.69) is 5.32 Å². The standard InChI is InChI=1S/C13H9ClN2O3/c14-11-8-9(6-7-12(11)16(18)19)13(17)15-10-4-2-1-3-5-10/h1-8H,(H,15,17). The van der Waals surface area contributed by atoms with Crippen molar-refractivity contribution in [3.63, 3.8) is 0 Å². The summed E-state index contributed by atoms with van der Waals surface area (Å²) in [6.07, 6.45) is 0. The van der Waals surface area contributed by atoms with E-state index >= 15 is 0 Å². The summed E-state index contributed by atoms with van der Waals surface area (Å²) in [5.41, 5.74) is 0.680. The Morgan fingerprint density at radius 3 is 2.42 bits per heavy atom. The van der Waals surface area contributed by atoms with E-state index in [4.69, 9.17) is 11.6 Å². The van der Waals surface area contributed by atoms with Gasteiger partial charge in [-0.1, -0.05) is 29.8 Å². The van der Waals surface area contributed by atoms with E-state index in [1.165, 1.54) is 18.2 Å². The van der Waals surface area contributed by atoms with Crippen LogP contribution in [0.15, 0.2) is 48.5 Å². The van der Waals surface area contributed by atoms with Crippen LogP contribution >= 0.6 is 11.6 Å². The number of halogens is 1. The lowest BCUT2D eigenvalue weighted by atomic mass is 10.2. The fraction of sp³-hybridized carbons (Fsp3) is 0. The summed E-state index contributed by atoms with van der Waals surface area (Å²) >= 11 is 5.75. The summed E-state index contributed by atoms with van der Waals surface area (Å²) < 4.78 is 0. The van der Waals surface area contributed by atoms with Gasteiger partial charge in [-0.3, -0.25) is 14.9 Å². The summed E-state index contributed by atoms with van der Waals surface area (Å²) in [6.45, 7) is 0. The van der Waals surface area contributed by atoms with E-state index in [9.17, 15) is 14.9 Å². The molecule has 0 saturated heterocycles. The van der Waals surface area contributed by atoms with Crippen molar-refractivity contribution in [3.8, 4) is 0 Å². The number of para-hydroxylation sites is 1. The van der Waals surface area contributed by atoms with E-state index in [0.717, 1.165) is 0 Å². The molecule has 1 amide bonds. The maximum Gasteiger partial charge on any atom is 0.287 e. The van der Waals surface area contributed by atoms with Crippen LogP contribution in [0.5, 0.6) is 0 Å². The van der Waals surface area contributed by atoms with Crippen molar-refractivity contribution < 1.29 is 9.72 Å². The second kappa shape index (κ2) is 5.49. The lowest BCUT2D eigenvalue weighted by Gasteiger charge is -2.05. The molecular weight excluding hydrogens is 268 g/mol. The van der Waals surface area contributed by atoms with Gasteiger partial charge in [-0.25, -0.2) is 0 Å². The molecule has 0 spiro atoms. The molecule has 0 aliphatic rings. The molecule has 0 bridgehead atoms. The molecule has 0 radical (unpaired) electrons. The van der Waals surface area contributed by atoms with Crippen molar-refractivity contribution in [1.29, 1.82) is 0 Å². The molecule has 0 saturated carbocycles. The van der Waals surface area contributed by atoms with Gasteiger partial charge in [0.1, 0.15) is 5.02 Å². The van der Waals surface area contributed by atoms with Crippen molar-refractivity contribution in [3.05, 3.63) is 69.2 Å². The maximum atomic E-state index is 11.9. The van der Waals surface area contributed by atoms with Crippen molar-refractivity contribution in [2.75, 3.05) is 5.32 Å². The third-order valence-corrected chi connectivity index (χ3v) is 2.74. The first-order valence-electron chi connectivity index (χ1n) is 5.38. The smallest absolute Gasteiger partial charge is 0.287 e. The Bertz CT molecular complexity index is 629. The number of nitro benzene ring substituents is 1. The molecule has 0 aliphatic heterocycles. The molecule has 1 N–H and O–H groups in total. The third-order valence-electron chi connectivity index (χ3n) is 2.44. The first kappa shape index (κ1) is 13.0. The molecule has 96 valence electrons. The Labute approximate surface area is 114 Å². The van der Waals surface area contributed by atoms with Gasteiger partial charge in [0.2, 0.25) is 0 Å². The number of carbonyl (C=O) groups is 1. The summed E-state index contributed by atoms with van der Waals surface area (Å²) in [7, 11) is 0. The van der Waals surface area contributed by atoms with E-state index in [-0.39, 0.29) is 22.2 Å². The number of carbonyl (C=O) groups excluding carboxylic acids is 1. The number of rotatable bonds is 3. The highest BCUT2D eigenvalue weighted by Crippen LogP contribution is 2.25. The van der Waals surface area contributed by atoms with Crippen molar-refractivity contribution in [1.82, 2.24) is 0 Å². The minimum atomic E-state index is -0.596. The molecule has 0 aromatic heterocycles. The topological polar surface area (TPSA) is 72.2 Å². The maximum absolute atomic E-state index is 11.9. The van der Waals surface area contributed by atoms with Gasteiger partial charge >= 0.3 is 0 Å². The Morgan fingerprint density at radius 1 is 1.16 bits per heavy atom. The van der Waals surface area contributed by atoms with Crippen LogP contribution in [0, 0.1) is 10.1 Å². The number of nitro groups is 1. The molecule has 0 aliphatic carbocycles. The summed E-state index contributed by atoms with van der Waals surface area (Å²) in [6, 6.07) is 12.7. The van der Waals surface area contributed by atoms with Gasteiger partial charge in [0.15, 0.2) is 0 Å². The number of anilines is 1. The van der Waals surface area contributed by atoms with E-state index in [1.54, 1.807) is 24.3 Å². The Balaban J connectivity index is 2.21. The first-order chi connectivity index (χ1) is 9.08. The van der Waals surface area contributed by atoms with Crippen LogP contribution in [-0.4, -0.2) is 10.8 Å². The molecule has 5 nitrogen and oxygen atoms in total. The van der Waals surface area contributed by atoms with Gasteiger partial charge < -0.3 is 5.32 Å². The molecule has 0 fully saturated rings.